The molecule has 0 amide bonds. The van der Waals surface area contributed by atoms with E-state index in [0.29, 0.717) is 18.4 Å². The highest BCUT2D eigenvalue weighted by Crippen LogP contribution is 2.27. The summed E-state index contributed by atoms with van der Waals surface area (Å²) in [5, 5.41) is -0.393. The van der Waals surface area contributed by atoms with Crippen LogP contribution in [-0.2, 0) is 25.8 Å². The Bertz CT molecular complexity index is 859. The molecule has 0 spiro atoms. The standard InChI is InChI=1S/C20H23NO4S.4C2H6/c1-25-20(22)15-16-6-5-9-19(14-16)26(23,24)18-10-12-21(13-11-18)17-7-3-2-4-8-17;4*1-2/h2-9,14,18H,10-13,15H2,1H3;4*1-2H3. The number of ether oxygens (including phenoxy) is 1. The zero-order valence-corrected chi connectivity index (χ0v) is 23.6. The molecule has 1 aliphatic rings. The summed E-state index contributed by atoms with van der Waals surface area (Å²) in [6.07, 6.45) is 1.27. The van der Waals surface area contributed by atoms with Crippen molar-refractivity contribution in [3.63, 3.8) is 0 Å². The normalized spacial score (nSPS) is 12.7. The molecule has 1 aliphatic heterocycles. The number of hydrogen-bond donors (Lipinski definition) is 0. The van der Waals surface area contributed by atoms with Crippen LogP contribution in [0.4, 0.5) is 5.69 Å². The Balaban J connectivity index is 0. The summed E-state index contributed by atoms with van der Waals surface area (Å²) < 4.78 is 30.7. The van der Waals surface area contributed by atoms with Gasteiger partial charge in [-0.05, 0) is 42.7 Å². The quantitative estimate of drug-likeness (QED) is 0.422. The molecular weight excluding hydrogens is 446 g/mol. The lowest BCUT2D eigenvalue weighted by molar-refractivity contribution is -0.139. The number of carbonyl (C=O) groups excluding carboxylic acids is 1. The van der Waals surface area contributed by atoms with Crippen molar-refractivity contribution < 1.29 is 17.9 Å². The number of methoxy groups -OCH3 is 1. The monoisotopic (exact) mass is 493 g/mol. The molecular formula is C28H47NO4S. The van der Waals surface area contributed by atoms with Gasteiger partial charge in [0.25, 0.3) is 0 Å². The molecule has 0 atom stereocenters. The van der Waals surface area contributed by atoms with Gasteiger partial charge in [-0.1, -0.05) is 85.7 Å². The fraction of sp³-hybridized carbons (Fsp3) is 0.536. The molecule has 1 saturated heterocycles. The molecule has 0 saturated carbocycles. The van der Waals surface area contributed by atoms with E-state index in [1.165, 1.54) is 7.11 Å². The summed E-state index contributed by atoms with van der Waals surface area (Å²) in [4.78, 5) is 13.9. The van der Waals surface area contributed by atoms with Crippen LogP contribution < -0.4 is 4.90 Å². The fourth-order valence-corrected chi connectivity index (χ4v) is 5.13. The van der Waals surface area contributed by atoms with Crippen LogP contribution in [0, 0.1) is 0 Å². The van der Waals surface area contributed by atoms with E-state index in [1.54, 1.807) is 24.3 Å². The molecule has 194 valence electrons. The smallest absolute Gasteiger partial charge is 0.309 e. The van der Waals surface area contributed by atoms with E-state index < -0.39 is 15.1 Å². The minimum absolute atomic E-state index is 0.0757. The lowest BCUT2D eigenvalue weighted by Crippen LogP contribution is -2.39. The Morgan fingerprint density at radius 2 is 1.38 bits per heavy atom. The molecule has 1 heterocycles. The van der Waals surface area contributed by atoms with Crippen LogP contribution in [0.1, 0.15) is 73.8 Å². The van der Waals surface area contributed by atoms with Crippen LogP contribution in [-0.4, -0.2) is 39.8 Å². The third kappa shape index (κ3) is 10.7. The molecule has 3 rings (SSSR count). The first-order valence-corrected chi connectivity index (χ1v) is 14.2. The van der Waals surface area contributed by atoms with Gasteiger partial charge in [0.05, 0.1) is 23.7 Å². The van der Waals surface area contributed by atoms with Crippen LogP contribution >= 0.6 is 0 Å². The van der Waals surface area contributed by atoms with Gasteiger partial charge in [-0.2, -0.15) is 0 Å². The summed E-state index contributed by atoms with van der Waals surface area (Å²) in [7, 11) is -2.09. The highest BCUT2D eigenvalue weighted by Gasteiger charge is 2.31. The van der Waals surface area contributed by atoms with Gasteiger partial charge < -0.3 is 9.64 Å². The van der Waals surface area contributed by atoms with Gasteiger partial charge in [-0.15, -0.1) is 0 Å². The van der Waals surface area contributed by atoms with Crippen molar-refractivity contribution in [3.8, 4) is 0 Å². The van der Waals surface area contributed by atoms with E-state index in [0.717, 1.165) is 18.8 Å². The number of carbonyl (C=O) groups is 1. The van der Waals surface area contributed by atoms with Gasteiger partial charge in [0.15, 0.2) is 9.84 Å². The highest BCUT2D eigenvalue weighted by molar-refractivity contribution is 7.92. The number of anilines is 1. The summed E-state index contributed by atoms with van der Waals surface area (Å²) in [6.45, 7) is 17.4. The minimum Gasteiger partial charge on any atom is -0.469 e. The lowest BCUT2D eigenvalue weighted by atomic mass is 10.1. The molecule has 0 radical (unpaired) electrons. The molecule has 5 nitrogen and oxygen atoms in total. The zero-order valence-electron chi connectivity index (χ0n) is 22.8. The van der Waals surface area contributed by atoms with E-state index in [2.05, 4.69) is 9.64 Å². The van der Waals surface area contributed by atoms with Gasteiger partial charge in [0, 0.05) is 18.8 Å². The number of sulfone groups is 1. The van der Waals surface area contributed by atoms with Crippen LogP contribution in [0.25, 0.3) is 0 Å². The van der Waals surface area contributed by atoms with Gasteiger partial charge in [-0.3, -0.25) is 4.79 Å². The van der Waals surface area contributed by atoms with E-state index in [1.807, 2.05) is 85.7 Å². The van der Waals surface area contributed by atoms with Gasteiger partial charge in [0.1, 0.15) is 0 Å². The molecule has 0 unspecified atom stereocenters. The predicted molar refractivity (Wildman–Crippen MR) is 146 cm³/mol. The average Bonchev–Trinajstić information content (AvgIpc) is 2.94. The number of esters is 1. The second-order valence-corrected chi connectivity index (χ2v) is 8.70. The molecule has 0 N–H and O–H groups in total. The maximum absolute atomic E-state index is 13.0. The van der Waals surface area contributed by atoms with E-state index in [9.17, 15) is 13.2 Å². The molecule has 0 aromatic heterocycles. The van der Waals surface area contributed by atoms with Crippen LogP contribution in [0.3, 0.4) is 0 Å². The van der Waals surface area contributed by atoms with E-state index >= 15 is 0 Å². The highest BCUT2D eigenvalue weighted by atomic mass is 32.2. The maximum Gasteiger partial charge on any atom is 0.309 e. The second kappa shape index (κ2) is 20.1. The number of hydrogen-bond acceptors (Lipinski definition) is 5. The Labute approximate surface area is 209 Å². The largest absolute Gasteiger partial charge is 0.469 e. The summed E-state index contributed by atoms with van der Waals surface area (Å²) in [5.41, 5.74) is 1.78. The zero-order chi connectivity index (χ0) is 26.6. The van der Waals surface area contributed by atoms with Crippen molar-refractivity contribution in [2.24, 2.45) is 0 Å². The SMILES string of the molecule is CC.CC.CC.CC.COC(=O)Cc1cccc(S(=O)(=O)C2CCN(c3ccccc3)CC2)c1. The first kappa shape index (κ1) is 33.8. The molecule has 6 heteroatoms. The van der Waals surface area contributed by atoms with Crippen LogP contribution in [0.15, 0.2) is 59.5 Å². The van der Waals surface area contributed by atoms with E-state index in [4.69, 9.17) is 0 Å². The second-order valence-electron chi connectivity index (χ2n) is 6.47. The first-order chi connectivity index (χ1) is 16.5. The summed E-state index contributed by atoms with van der Waals surface area (Å²) in [5.74, 6) is -0.379. The third-order valence-electron chi connectivity index (χ3n) is 4.81. The first-order valence-electron chi connectivity index (χ1n) is 12.7. The fourth-order valence-electron chi connectivity index (χ4n) is 3.33. The maximum atomic E-state index is 13.0. The minimum atomic E-state index is -3.41. The van der Waals surface area contributed by atoms with Crippen molar-refractivity contribution in [2.75, 3.05) is 25.1 Å². The van der Waals surface area contributed by atoms with Crippen LogP contribution in [0.2, 0.25) is 0 Å². The number of nitrogens with zero attached hydrogens (tertiary/aromatic N) is 1. The average molecular weight is 494 g/mol. The van der Waals surface area contributed by atoms with Gasteiger partial charge >= 0.3 is 5.97 Å². The van der Waals surface area contributed by atoms with Crippen molar-refractivity contribution in [1.82, 2.24) is 0 Å². The predicted octanol–water partition coefficient (Wildman–Crippen LogP) is 6.95. The van der Waals surface area contributed by atoms with Gasteiger partial charge in [0.2, 0.25) is 0 Å². The lowest BCUT2D eigenvalue weighted by Gasteiger charge is -2.33. The van der Waals surface area contributed by atoms with E-state index in [-0.39, 0.29) is 17.3 Å². The van der Waals surface area contributed by atoms with Crippen molar-refractivity contribution in [3.05, 3.63) is 60.2 Å². The summed E-state index contributed by atoms with van der Waals surface area (Å²) >= 11 is 0. The molecule has 0 bridgehead atoms. The Kier molecular flexibility index (Phi) is 20.0. The van der Waals surface area contributed by atoms with Crippen LogP contribution in [0.5, 0.6) is 0 Å². The number of piperidine rings is 1. The Hall–Kier alpha value is -2.34. The number of rotatable bonds is 5. The van der Waals surface area contributed by atoms with Crippen molar-refractivity contribution in [2.45, 2.75) is 84.8 Å². The molecule has 2 aromatic carbocycles. The van der Waals surface area contributed by atoms with Gasteiger partial charge in [-0.25, -0.2) is 8.42 Å². The summed E-state index contributed by atoms with van der Waals surface area (Å²) in [6, 6.07) is 16.7. The molecule has 2 aromatic rings. The number of benzene rings is 2. The molecule has 0 aliphatic carbocycles. The topological polar surface area (TPSA) is 63.7 Å². The third-order valence-corrected chi connectivity index (χ3v) is 7.07. The molecule has 34 heavy (non-hydrogen) atoms. The molecule has 1 fully saturated rings. The van der Waals surface area contributed by atoms with Crippen molar-refractivity contribution >= 4 is 21.5 Å². The Morgan fingerprint density at radius 1 is 0.853 bits per heavy atom. The van der Waals surface area contributed by atoms with Crippen molar-refractivity contribution in [1.29, 1.82) is 0 Å². The Morgan fingerprint density at radius 3 is 1.88 bits per heavy atom. The number of para-hydroxylation sites is 1.